The number of likely N-dealkylation sites (tertiary alicyclic amines) is 1. The summed E-state index contributed by atoms with van der Waals surface area (Å²) in [4.78, 5) is 26.2. The lowest BCUT2D eigenvalue weighted by molar-refractivity contribution is -0.123. The summed E-state index contributed by atoms with van der Waals surface area (Å²) in [6.07, 6.45) is 6.16. The summed E-state index contributed by atoms with van der Waals surface area (Å²) in [5.74, 6) is -0.567. The quantitative estimate of drug-likeness (QED) is 0.797. The molecule has 0 atom stereocenters. The molecule has 0 spiro atoms. The minimum atomic E-state index is -0.603. The van der Waals surface area contributed by atoms with Gasteiger partial charge >= 0.3 is 6.03 Å². The van der Waals surface area contributed by atoms with Gasteiger partial charge in [0.1, 0.15) is 6.07 Å². The third-order valence-corrected chi connectivity index (χ3v) is 3.56. The first-order chi connectivity index (χ1) is 10.6. The van der Waals surface area contributed by atoms with Crippen molar-refractivity contribution in [3.8, 4) is 6.07 Å². The predicted molar refractivity (Wildman–Crippen MR) is 81.6 cm³/mol. The number of hydrogen-bond acceptors (Lipinski definition) is 5. The summed E-state index contributed by atoms with van der Waals surface area (Å²) in [7, 11) is 1.98. The van der Waals surface area contributed by atoms with Crippen LogP contribution in [-0.2, 0) is 4.79 Å². The lowest BCUT2D eigenvalue weighted by Crippen LogP contribution is -2.38. The standard InChI is InChI=1S/C15H19N5O2/c1-3-8-17-15(22)20-14(21)12(13(10-16)18-20)7-6-11-5-4-9-19(11)2/h6-7H,3-5,8-9H2,1-2H3,(H,17,22)/b11-6-,12-7+. The van der Waals surface area contributed by atoms with E-state index >= 15 is 0 Å². The number of rotatable bonds is 3. The van der Waals surface area contributed by atoms with E-state index in [0.29, 0.717) is 6.54 Å². The zero-order chi connectivity index (χ0) is 16.1. The molecule has 116 valence electrons. The van der Waals surface area contributed by atoms with Gasteiger partial charge in [0.25, 0.3) is 5.91 Å². The third kappa shape index (κ3) is 3.17. The highest BCUT2D eigenvalue weighted by atomic mass is 16.2. The van der Waals surface area contributed by atoms with Crippen LogP contribution >= 0.6 is 0 Å². The van der Waals surface area contributed by atoms with Gasteiger partial charge in [0.05, 0.1) is 5.57 Å². The molecule has 0 saturated carbocycles. The minimum Gasteiger partial charge on any atom is -0.378 e. The van der Waals surface area contributed by atoms with Crippen LogP contribution in [0.4, 0.5) is 4.79 Å². The molecule has 7 nitrogen and oxygen atoms in total. The van der Waals surface area contributed by atoms with Crippen LogP contribution in [0.15, 0.2) is 28.5 Å². The molecule has 7 heteroatoms. The molecule has 1 fully saturated rings. The van der Waals surface area contributed by atoms with Gasteiger partial charge in [-0.05, 0) is 31.4 Å². The van der Waals surface area contributed by atoms with Crippen LogP contribution in [0.5, 0.6) is 0 Å². The second-order valence-corrected chi connectivity index (χ2v) is 5.17. The van der Waals surface area contributed by atoms with Crippen LogP contribution in [0.2, 0.25) is 0 Å². The molecule has 2 heterocycles. The number of carbonyl (C=O) groups excluding carboxylic acids is 2. The Balaban J connectivity index is 2.19. The number of imide groups is 1. The Morgan fingerprint density at radius 1 is 1.50 bits per heavy atom. The van der Waals surface area contributed by atoms with Crippen LogP contribution in [0.1, 0.15) is 26.2 Å². The molecule has 0 aromatic carbocycles. The van der Waals surface area contributed by atoms with Gasteiger partial charge in [-0.2, -0.15) is 5.26 Å². The first kappa shape index (κ1) is 15.8. The molecule has 2 aliphatic heterocycles. The molecule has 0 aliphatic carbocycles. The fraction of sp³-hybridized carbons (Fsp3) is 0.467. The number of allylic oxidation sites excluding steroid dienone is 3. The van der Waals surface area contributed by atoms with Crippen LogP contribution in [0.3, 0.4) is 0 Å². The first-order valence-electron chi connectivity index (χ1n) is 7.31. The van der Waals surface area contributed by atoms with Gasteiger partial charge in [-0.3, -0.25) is 4.79 Å². The van der Waals surface area contributed by atoms with Gasteiger partial charge in [-0.1, -0.05) is 6.92 Å². The third-order valence-electron chi connectivity index (χ3n) is 3.56. The highest BCUT2D eigenvalue weighted by Crippen LogP contribution is 2.20. The number of nitriles is 1. The average molecular weight is 301 g/mol. The van der Waals surface area contributed by atoms with Crippen LogP contribution in [0, 0.1) is 11.3 Å². The fourth-order valence-electron chi connectivity index (χ4n) is 2.31. The van der Waals surface area contributed by atoms with E-state index in [9.17, 15) is 9.59 Å². The average Bonchev–Trinajstić information content (AvgIpc) is 3.06. The minimum absolute atomic E-state index is 0.0332. The zero-order valence-corrected chi connectivity index (χ0v) is 12.8. The van der Waals surface area contributed by atoms with E-state index in [1.54, 1.807) is 6.08 Å². The second kappa shape index (κ2) is 6.89. The van der Waals surface area contributed by atoms with E-state index in [-0.39, 0.29) is 11.3 Å². The predicted octanol–water partition coefficient (Wildman–Crippen LogP) is 1.36. The van der Waals surface area contributed by atoms with Crippen LogP contribution in [-0.4, -0.2) is 47.7 Å². The lowest BCUT2D eigenvalue weighted by atomic mass is 10.1. The zero-order valence-electron chi connectivity index (χ0n) is 12.8. The maximum absolute atomic E-state index is 12.3. The van der Waals surface area contributed by atoms with Gasteiger partial charge in [0.15, 0.2) is 5.71 Å². The summed E-state index contributed by atoms with van der Waals surface area (Å²) in [6, 6.07) is 1.27. The highest BCUT2D eigenvalue weighted by Gasteiger charge is 2.34. The molecule has 1 saturated heterocycles. The summed E-state index contributed by atoms with van der Waals surface area (Å²) in [5, 5.41) is 16.2. The molecule has 2 aliphatic rings. The normalized spacial score (nSPS) is 21.5. The van der Waals surface area contributed by atoms with Crippen molar-refractivity contribution in [1.82, 2.24) is 15.2 Å². The van der Waals surface area contributed by atoms with Crippen molar-refractivity contribution < 1.29 is 9.59 Å². The molecule has 0 aromatic rings. The Bertz CT molecular complexity index is 612. The molecule has 0 aromatic heterocycles. The Morgan fingerprint density at radius 2 is 2.27 bits per heavy atom. The van der Waals surface area contributed by atoms with E-state index in [0.717, 1.165) is 36.5 Å². The topological polar surface area (TPSA) is 88.8 Å². The summed E-state index contributed by atoms with van der Waals surface area (Å²) in [6.45, 7) is 3.34. The Kier molecular flexibility index (Phi) is 4.94. The number of amides is 3. The second-order valence-electron chi connectivity index (χ2n) is 5.17. The van der Waals surface area contributed by atoms with E-state index in [1.807, 2.05) is 26.1 Å². The highest BCUT2D eigenvalue weighted by molar-refractivity contribution is 6.32. The van der Waals surface area contributed by atoms with Crippen LogP contribution in [0.25, 0.3) is 0 Å². The van der Waals surface area contributed by atoms with Crippen molar-refractivity contribution in [2.24, 2.45) is 5.10 Å². The molecule has 0 radical (unpaired) electrons. The molecule has 0 bridgehead atoms. The number of hydrogen-bond donors (Lipinski definition) is 1. The number of urea groups is 1. The van der Waals surface area contributed by atoms with E-state index in [4.69, 9.17) is 5.26 Å². The van der Waals surface area contributed by atoms with Crippen molar-refractivity contribution in [3.63, 3.8) is 0 Å². The maximum Gasteiger partial charge on any atom is 0.345 e. The molecular formula is C15H19N5O2. The summed E-state index contributed by atoms with van der Waals surface area (Å²) < 4.78 is 0. The molecule has 0 unspecified atom stereocenters. The van der Waals surface area contributed by atoms with E-state index in [1.165, 1.54) is 0 Å². The number of carbonyl (C=O) groups is 2. The van der Waals surface area contributed by atoms with Crippen molar-refractivity contribution in [2.45, 2.75) is 26.2 Å². The van der Waals surface area contributed by atoms with Crippen molar-refractivity contribution in [1.29, 1.82) is 5.26 Å². The van der Waals surface area contributed by atoms with Gasteiger partial charge in [0, 0.05) is 25.8 Å². The number of nitrogens with zero attached hydrogens (tertiary/aromatic N) is 4. The van der Waals surface area contributed by atoms with E-state index < -0.39 is 11.9 Å². The van der Waals surface area contributed by atoms with Crippen molar-refractivity contribution in [3.05, 3.63) is 23.4 Å². The van der Waals surface area contributed by atoms with Gasteiger partial charge < -0.3 is 10.2 Å². The first-order valence-corrected chi connectivity index (χ1v) is 7.31. The molecule has 22 heavy (non-hydrogen) atoms. The number of hydrazone groups is 1. The van der Waals surface area contributed by atoms with Gasteiger partial charge in [-0.25, -0.2) is 4.79 Å². The smallest absolute Gasteiger partial charge is 0.345 e. The molecule has 2 rings (SSSR count). The largest absolute Gasteiger partial charge is 0.378 e. The van der Waals surface area contributed by atoms with E-state index in [2.05, 4.69) is 15.3 Å². The maximum atomic E-state index is 12.3. The molecule has 1 N–H and O–H groups in total. The van der Waals surface area contributed by atoms with Crippen molar-refractivity contribution in [2.75, 3.05) is 20.1 Å². The van der Waals surface area contributed by atoms with Crippen LogP contribution < -0.4 is 5.32 Å². The summed E-state index contributed by atoms with van der Waals surface area (Å²) >= 11 is 0. The lowest BCUT2D eigenvalue weighted by Gasteiger charge is -2.11. The van der Waals surface area contributed by atoms with Gasteiger partial charge in [0.2, 0.25) is 0 Å². The molecule has 3 amide bonds. The number of nitrogens with one attached hydrogen (secondary N) is 1. The monoisotopic (exact) mass is 301 g/mol. The summed E-state index contributed by atoms with van der Waals surface area (Å²) in [5.41, 5.74) is 1.22. The fourth-order valence-corrected chi connectivity index (χ4v) is 2.31. The Hall–Kier alpha value is -2.62. The Morgan fingerprint density at radius 3 is 2.86 bits per heavy atom. The van der Waals surface area contributed by atoms with Crippen molar-refractivity contribution >= 4 is 17.6 Å². The van der Waals surface area contributed by atoms with Gasteiger partial charge in [-0.15, -0.1) is 10.1 Å². The Labute approximate surface area is 129 Å². The SMILES string of the molecule is CCCNC(=O)N1N=C(C#N)/C(=C\C=C2\CCCN2C)C1=O. The molecular weight excluding hydrogens is 282 g/mol.